The summed E-state index contributed by atoms with van der Waals surface area (Å²) >= 11 is 6.23. The Kier molecular flexibility index (Phi) is 8.06. The third-order valence-corrected chi connectivity index (χ3v) is 3.19. The van der Waals surface area contributed by atoms with E-state index in [1.54, 1.807) is 12.1 Å². The highest BCUT2D eigenvalue weighted by atomic mass is 35.5. The van der Waals surface area contributed by atoms with Crippen LogP contribution in [0.1, 0.15) is 44.0 Å². The summed E-state index contributed by atoms with van der Waals surface area (Å²) in [7, 11) is 0. The molecule has 1 aromatic carbocycles. The van der Waals surface area contributed by atoms with Crippen molar-refractivity contribution in [2.45, 2.75) is 39.7 Å². The lowest BCUT2D eigenvalue weighted by molar-refractivity contribution is 0.0952. The molecule has 0 aromatic heterocycles. The zero-order valence-electron chi connectivity index (χ0n) is 13.4. The van der Waals surface area contributed by atoms with Crippen LogP contribution in [0.4, 0.5) is 0 Å². The van der Waals surface area contributed by atoms with Gasteiger partial charge in [-0.05, 0) is 38.8 Å². The van der Waals surface area contributed by atoms with Gasteiger partial charge in [0.05, 0.1) is 18.2 Å². The number of hydrogen-bond acceptors (Lipinski definition) is 4. The highest BCUT2D eigenvalue weighted by Crippen LogP contribution is 2.36. The van der Waals surface area contributed by atoms with Crippen LogP contribution in [0.5, 0.6) is 11.5 Å². The van der Waals surface area contributed by atoms with Gasteiger partial charge in [0.25, 0.3) is 5.91 Å². The molecule has 22 heavy (non-hydrogen) atoms. The van der Waals surface area contributed by atoms with Gasteiger partial charge in [-0.15, -0.1) is 0 Å². The number of nitrogens with one attached hydrogen (secondary N) is 1. The minimum atomic E-state index is -0.203. The molecule has 1 aromatic rings. The normalized spacial score (nSPS) is 11.9. The van der Waals surface area contributed by atoms with Gasteiger partial charge in [-0.3, -0.25) is 4.79 Å². The molecule has 0 radical (unpaired) electrons. The quantitative estimate of drug-likeness (QED) is 0.731. The summed E-state index contributed by atoms with van der Waals surface area (Å²) in [5.74, 6) is 0.767. The Bertz CT molecular complexity index is 493. The Labute approximate surface area is 137 Å². The number of amides is 1. The van der Waals surface area contributed by atoms with Gasteiger partial charge in [-0.2, -0.15) is 0 Å². The molecule has 0 spiro atoms. The van der Waals surface area contributed by atoms with Crippen LogP contribution in [-0.2, 0) is 0 Å². The molecule has 0 aliphatic heterocycles. The first-order chi connectivity index (χ1) is 10.5. The van der Waals surface area contributed by atoms with Gasteiger partial charge >= 0.3 is 0 Å². The molecule has 1 amide bonds. The first kappa shape index (κ1) is 18.6. The van der Waals surface area contributed by atoms with E-state index in [1.807, 2.05) is 20.8 Å². The maximum atomic E-state index is 12.2. The second kappa shape index (κ2) is 9.54. The van der Waals surface area contributed by atoms with Gasteiger partial charge < -0.3 is 20.5 Å². The van der Waals surface area contributed by atoms with Crippen LogP contribution in [0, 0.1) is 0 Å². The van der Waals surface area contributed by atoms with Crippen LogP contribution in [0.25, 0.3) is 0 Å². The maximum Gasteiger partial charge on any atom is 0.251 e. The topological polar surface area (TPSA) is 73.6 Å². The molecule has 0 saturated heterocycles. The maximum absolute atomic E-state index is 12.2. The predicted molar refractivity (Wildman–Crippen MR) is 89.0 cm³/mol. The number of carbonyl (C=O) groups is 1. The Morgan fingerprint density at radius 1 is 1.36 bits per heavy atom. The Hall–Kier alpha value is -1.46. The van der Waals surface area contributed by atoms with Crippen LogP contribution < -0.4 is 20.5 Å². The lowest BCUT2D eigenvalue weighted by atomic mass is 10.1. The first-order valence-electron chi connectivity index (χ1n) is 7.62. The number of halogens is 1. The molecule has 0 heterocycles. The largest absolute Gasteiger partial charge is 0.490 e. The fourth-order valence-corrected chi connectivity index (χ4v) is 2.09. The van der Waals surface area contributed by atoms with Crippen LogP contribution in [-0.4, -0.2) is 31.7 Å². The summed E-state index contributed by atoms with van der Waals surface area (Å²) < 4.78 is 11.2. The van der Waals surface area contributed by atoms with E-state index < -0.39 is 0 Å². The Balaban J connectivity index is 2.89. The van der Waals surface area contributed by atoms with E-state index >= 15 is 0 Å². The lowest BCUT2D eigenvalue weighted by Crippen LogP contribution is -2.29. The average molecular weight is 329 g/mol. The fourth-order valence-electron chi connectivity index (χ4n) is 1.82. The number of hydrogen-bond donors (Lipinski definition) is 2. The summed E-state index contributed by atoms with van der Waals surface area (Å²) in [6, 6.07) is 3.30. The molecule has 0 bridgehead atoms. The fraction of sp³-hybridized carbons (Fsp3) is 0.562. The van der Waals surface area contributed by atoms with Crippen LogP contribution >= 0.6 is 11.6 Å². The van der Waals surface area contributed by atoms with E-state index in [0.29, 0.717) is 41.8 Å². The zero-order valence-corrected chi connectivity index (χ0v) is 14.2. The third-order valence-electron chi connectivity index (χ3n) is 2.91. The third kappa shape index (κ3) is 5.73. The standard InChI is InChI=1S/C16H25ClN2O3/c1-4-8-22-15-13(17)9-12(10-14(15)21-5-2)16(20)19-7-6-11(3)18/h9-11H,4-8,18H2,1-3H3,(H,19,20). The SMILES string of the molecule is CCCOc1c(Cl)cc(C(=O)NCCC(C)N)cc1OCC. The van der Waals surface area contributed by atoms with E-state index in [2.05, 4.69) is 5.32 Å². The van der Waals surface area contributed by atoms with Crippen molar-refractivity contribution in [2.75, 3.05) is 19.8 Å². The van der Waals surface area contributed by atoms with Gasteiger partial charge in [0, 0.05) is 18.2 Å². The molecule has 1 atom stereocenters. The van der Waals surface area contributed by atoms with Crippen LogP contribution in [0.2, 0.25) is 5.02 Å². The highest BCUT2D eigenvalue weighted by molar-refractivity contribution is 6.32. The predicted octanol–water partition coefficient (Wildman–Crippen LogP) is 2.99. The van der Waals surface area contributed by atoms with Crippen molar-refractivity contribution >= 4 is 17.5 Å². The summed E-state index contributed by atoms with van der Waals surface area (Å²) in [6.07, 6.45) is 1.58. The molecular weight excluding hydrogens is 304 g/mol. The molecule has 1 unspecified atom stereocenters. The number of benzene rings is 1. The van der Waals surface area contributed by atoms with E-state index in [4.69, 9.17) is 26.8 Å². The average Bonchev–Trinajstić information content (AvgIpc) is 2.46. The smallest absolute Gasteiger partial charge is 0.251 e. The minimum Gasteiger partial charge on any atom is -0.490 e. The number of nitrogens with two attached hydrogens (primary N) is 1. The molecule has 0 fully saturated rings. The lowest BCUT2D eigenvalue weighted by Gasteiger charge is -2.15. The number of ether oxygens (including phenoxy) is 2. The van der Waals surface area contributed by atoms with E-state index in [0.717, 1.165) is 12.8 Å². The summed E-state index contributed by atoms with van der Waals surface area (Å²) in [6.45, 7) is 7.30. The zero-order chi connectivity index (χ0) is 16.5. The Morgan fingerprint density at radius 3 is 2.68 bits per heavy atom. The van der Waals surface area contributed by atoms with Gasteiger partial charge in [0.2, 0.25) is 0 Å². The van der Waals surface area contributed by atoms with Crippen molar-refractivity contribution in [1.82, 2.24) is 5.32 Å². The molecule has 1 rings (SSSR count). The van der Waals surface area contributed by atoms with Crippen molar-refractivity contribution in [3.8, 4) is 11.5 Å². The first-order valence-corrected chi connectivity index (χ1v) is 8.00. The molecule has 0 aliphatic rings. The molecule has 6 heteroatoms. The van der Waals surface area contributed by atoms with Crippen LogP contribution in [0.3, 0.4) is 0 Å². The van der Waals surface area contributed by atoms with Crippen molar-refractivity contribution in [2.24, 2.45) is 5.73 Å². The van der Waals surface area contributed by atoms with E-state index in [1.165, 1.54) is 0 Å². The summed E-state index contributed by atoms with van der Waals surface area (Å²) in [4.78, 5) is 12.2. The monoisotopic (exact) mass is 328 g/mol. The summed E-state index contributed by atoms with van der Waals surface area (Å²) in [5, 5.41) is 3.19. The number of carbonyl (C=O) groups excluding carboxylic acids is 1. The summed E-state index contributed by atoms with van der Waals surface area (Å²) in [5.41, 5.74) is 6.11. The van der Waals surface area contributed by atoms with Gasteiger partial charge in [0.15, 0.2) is 11.5 Å². The second-order valence-electron chi connectivity index (χ2n) is 5.09. The molecule has 124 valence electrons. The second-order valence-corrected chi connectivity index (χ2v) is 5.50. The minimum absolute atomic E-state index is 0.0488. The van der Waals surface area contributed by atoms with Crippen molar-refractivity contribution < 1.29 is 14.3 Å². The molecule has 3 N–H and O–H groups in total. The van der Waals surface area contributed by atoms with Crippen molar-refractivity contribution in [3.05, 3.63) is 22.7 Å². The Morgan fingerprint density at radius 2 is 2.09 bits per heavy atom. The van der Waals surface area contributed by atoms with E-state index in [9.17, 15) is 4.79 Å². The van der Waals surface area contributed by atoms with Gasteiger partial charge in [-0.1, -0.05) is 18.5 Å². The molecular formula is C16H25ClN2O3. The molecule has 0 aliphatic carbocycles. The van der Waals surface area contributed by atoms with Crippen molar-refractivity contribution in [3.63, 3.8) is 0 Å². The van der Waals surface area contributed by atoms with Crippen LogP contribution in [0.15, 0.2) is 12.1 Å². The highest BCUT2D eigenvalue weighted by Gasteiger charge is 2.16. The molecule has 0 saturated carbocycles. The number of rotatable bonds is 9. The van der Waals surface area contributed by atoms with Crippen molar-refractivity contribution in [1.29, 1.82) is 0 Å². The van der Waals surface area contributed by atoms with Gasteiger partial charge in [0.1, 0.15) is 0 Å². The van der Waals surface area contributed by atoms with Gasteiger partial charge in [-0.25, -0.2) is 0 Å². The van der Waals surface area contributed by atoms with E-state index in [-0.39, 0.29) is 11.9 Å². The molecule has 5 nitrogen and oxygen atoms in total.